The summed E-state index contributed by atoms with van der Waals surface area (Å²) in [5, 5.41) is 12.3. The largest absolute Gasteiger partial charge is 0.410 e. The summed E-state index contributed by atoms with van der Waals surface area (Å²) in [6, 6.07) is 3.45. The minimum absolute atomic E-state index is 0.0121. The fourth-order valence-electron chi connectivity index (χ4n) is 6.52. The van der Waals surface area contributed by atoms with Crippen molar-refractivity contribution >= 4 is 23.5 Å². The first kappa shape index (κ1) is 27.6. The molecule has 1 aromatic carbocycles. The fourth-order valence-corrected chi connectivity index (χ4v) is 6.52. The molecule has 9 nitrogen and oxygen atoms in total. The van der Waals surface area contributed by atoms with E-state index in [1.807, 2.05) is 31.3 Å². The number of carbonyl (C=O) groups excluding carboxylic acids is 3. The third-order valence-electron chi connectivity index (χ3n) is 8.84. The quantitative estimate of drug-likeness (QED) is 0.421. The molecule has 4 amide bonds. The molecule has 6 rings (SSSR count). The van der Waals surface area contributed by atoms with Crippen LogP contribution < -0.4 is 16.0 Å². The molecule has 0 spiro atoms. The van der Waals surface area contributed by atoms with E-state index in [0.29, 0.717) is 36.1 Å². The van der Waals surface area contributed by atoms with E-state index in [0.717, 1.165) is 36.8 Å². The zero-order chi connectivity index (χ0) is 29.1. The average Bonchev–Trinajstić information content (AvgIpc) is 3.78. The molecule has 0 radical (unpaired) electrons. The molecule has 2 heterocycles. The number of hydrogen-bond acceptors (Lipinski definition) is 4. The molecule has 220 valence electrons. The molecule has 3 N–H and O–H groups in total. The van der Waals surface area contributed by atoms with Crippen molar-refractivity contribution in [2.24, 2.45) is 17.8 Å². The van der Waals surface area contributed by atoms with E-state index in [4.69, 9.17) is 0 Å². The summed E-state index contributed by atoms with van der Waals surface area (Å²) in [7, 11) is 0. The number of aromatic nitrogens is 2. The van der Waals surface area contributed by atoms with E-state index < -0.39 is 30.8 Å². The van der Waals surface area contributed by atoms with E-state index in [1.165, 1.54) is 4.90 Å². The zero-order valence-corrected chi connectivity index (χ0v) is 23.1. The van der Waals surface area contributed by atoms with Crippen molar-refractivity contribution in [3.05, 3.63) is 47.3 Å². The van der Waals surface area contributed by atoms with Crippen LogP contribution in [0.5, 0.6) is 0 Å². The normalized spacial score (nSPS) is 23.1. The summed E-state index contributed by atoms with van der Waals surface area (Å²) < 4.78 is 41.1. The molecule has 3 aliphatic carbocycles. The summed E-state index contributed by atoms with van der Waals surface area (Å²) in [4.78, 5) is 40.7. The van der Waals surface area contributed by atoms with Crippen molar-refractivity contribution < 1.29 is 27.6 Å². The lowest BCUT2D eigenvalue weighted by Gasteiger charge is -2.28. The van der Waals surface area contributed by atoms with Gasteiger partial charge in [-0.15, -0.1) is 0 Å². The Hall–Kier alpha value is -3.57. The van der Waals surface area contributed by atoms with Crippen molar-refractivity contribution in [3.8, 4) is 0 Å². The Morgan fingerprint density at radius 3 is 2.34 bits per heavy atom. The van der Waals surface area contributed by atoms with Crippen LogP contribution in [-0.2, 0) is 17.6 Å². The van der Waals surface area contributed by atoms with Gasteiger partial charge in [-0.1, -0.05) is 6.07 Å². The number of urea groups is 1. The predicted molar refractivity (Wildman–Crippen MR) is 144 cm³/mol. The van der Waals surface area contributed by atoms with E-state index in [9.17, 15) is 27.6 Å². The van der Waals surface area contributed by atoms with Crippen LogP contribution in [0.3, 0.4) is 0 Å². The highest BCUT2D eigenvalue weighted by Gasteiger charge is 2.50. The van der Waals surface area contributed by atoms with Gasteiger partial charge in [-0.2, -0.15) is 18.3 Å². The Kier molecular flexibility index (Phi) is 6.97. The van der Waals surface area contributed by atoms with Crippen molar-refractivity contribution in [3.63, 3.8) is 0 Å². The Labute approximate surface area is 236 Å². The number of carbonyl (C=O) groups is 3. The second-order valence-corrected chi connectivity index (χ2v) is 12.2. The molecule has 3 atom stereocenters. The van der Waals surface area contributed by atoms with E-state index in [2.05, 4.69) is 15.7 Å². The van der Waals surface area contributed by atoms with Gasteiger partial charge < -0.3 is 20.9 Å². The number of anilines is 1. The van der Waals surface area contributed by atoms with Crippen LogP contribution >= 0.6 is 0 Å². The van der Waals surface area contributed by atoms with Gasteiger partial charge in [0.2, 0.25) is 5.91 Å². The maximum Gasteiger partial charge on any atom is 0.410 e. The van der Waals surface area contributed by atoms with Gasteiger partial charge in [0.25, 0.3) is 5.91 Å². The highest BCUT2D eigenvalue weighted by Crippen LogP contribution is 2.51. The first-order valence-electron chi connectivity index (χ1n) is 14.4. The lowest BCUT2D eigenvalue weighted by molar-refractivity contribution is -0.150. The molecule has 1 aromatic heterocycles. The number of fused-ring (bicyclic) bond motifs is 1. The van der Waals surface area contributed by atoms with Crippen molar-refractivity contribution in [1.82, 2.24) is 25.3 Å². The molecule has 4 aliphatic rings. The molecule has 12 heteroatoms. The first-order valence-corrected chi connectivity index (χ1v) is 14.4. The molecule has 0 bridgehead atoms. The van der Waals surface area contributed by atoms with E-state index in [-0.39, 0.29) is 29.8 Å². The monoisotopic (exact) mass is 572 g/mol. The third kappa shape index (κ3) is 5.65. The fraction of sp³-hybridized carbons (Fsp3) is 0.586. The number of alkyl halides is 3. The number of nitrogens with zero attached hydrogens (tertiary/aromatic N) is 3. The summed E-state index contributed by atoms with van der Waals surface area (Å²) in [6.07, 6.45) is 2.13. The lowest BCUT2D eigenvalue weighted by atomic mass is 9.88. The van der Waals surface area contributed by atoms with Crippen molar-refractivity contribution in [2.45, 2.75) is 82.7 Å². The third-order valence-corrected chi connectivity index (χ3v) is 8.84. The second kappa shape index (κ2) is 10.4. The van der Waals surface area contributed by atoms with Gasteiger partial charge >= 0.3 is 12.2 Å². The standard InChI is InChI=1S/C29H35F3N6O3/c1-15(2)38-22(9-10-33-38)26(39)36-25(24(16-3-4-16)17-5-6-17)27(40)34-20-8-7-18-12-21(13-19(18)11-20)37-14-23(29(30,31)32)35-28(37)41/h7-11,15-17,21,23-25H,3-6,12-14H2,1-2H3,(H,34,40)(H,35,41)(H,36,39)/t21?,23-,25-/m0/s1. The van der Waals surface area contributed by atoms with Gasteiger partial charge in [-0.25, -0.2) is 4.79 Å². The van der Waals surface area contributed by atoms with Gasteiger partial charge in [0.15, 0.2) is 0 Å². The maximum absolute atomic E-state index is 13.8. The number of hydrogen-bond donors (Lipinski definition) is 3. The topological polar surface area (TPSA) is 108 Å². The van der Waals surface area contributed by atoms with Gasteiger partial charge in [-0.05, 0) is 99.5 Å². The van der Waals surface area contributed by atoms with Gasteiger partial charge in [0.1, 0.15) is 17.8 Å². The van der Waals surface area contributed by atoms with Crippen LogP contribution in [0.15, 0.2) is 30.5 Å². The molecule has 1 unspecified atom stereocenters. The molecule has 1 saturated heterocycles. The van der Waals surface area contributed by atoms with Crippen LogP contribution in [0.2, 0.25) is 0 Å². The van der Waals surface area contributed by atoms with Crippen molar-refractivity contribution in [1.29, 1.82) is 0 Å². The Morgan fingerprint density at radius 1 is 1.05 bits per heavy atom. The zero-order valence-electron chi connectivity index (χ0n) is 23.1. The van der Waals surface area contributed by atoms with E-state index >= 15 is 0 Å². The van der Waals surface area contributed by atoms with Gasteiger partial charge in [0.05, 0.1) is 6.54 Å². The highest BCUT2D eigenvalue weighted by atomic mass is 19.4. The molecular formula is C29H35F3N6O3. The highest BCUT2D eigenvalue weighted by molar-refractivity contribution is 6.01. The summed E-state index contributed by atoms with van der Waals surface area (Å²) in [6.45, 7) is 3.47. The first-order chi connectivity index (χ1) is 19.5. The lowest BCUT2D eigenvalue weighted by Crippen LogP contribution is -2.50. The summed E-state index contributed by atoms with van der Waals surface area (Å²) in [5.74, 6) is 0.256. The van der Waals surface area contributed by atoms with Crippen LogP contribution in [-0.4, -0.2) is 63.4 Å². The number of amides is 4. The molecule has 3 fully saturated rings. The summed E-state index contributed by atoms with van der Waals surface area (Å²) >= 11 is 0. The van der Waals surface area contributed by atoms with Gasteiger partial charge in [0, 0.05) is 24.0 Å². The Morgan fingerprint density at radius 2 is 1.73 bits per heavy atom. The average molecular weight is 573 g/mol. The van der Waals surface area contributed by atoms with Crippen LogP contribution in [0.1, 0.15) is 67.2 Å². The number of rotatable bonds is 9. The molecule has 2 aromatic rings. The van der Waals surface area contributed by atoms with E-state index in [1.54, 1.807) is 23.0 Å². The summed E-state index contributed by atoms with van der Waals surface area (Å²) in [5.41, 5.74) is 2.80. The number of benzene rings is 1. The predicted octanol–water partition coefficient (Wildman–Crippen LogP) is 4.06. The van der Waals surface area contributed by atoms with Crippen LogP contribution in [0.4, 0.5) is 23.7 Å². The molecule has 2 saturated carbocycles. The van der Waals surface area contributed by atoms with Gasteiger partial charge in [-0.3, -0.25) is 14.3 Å². The molecular weight excluding hydrogens is 537 g/mol. The number of halogens is 3. The smallest absolute Gasteiger partial charge is 0.339 e. The van der Waals surface area contributed by atoms with Crippen molar-refractivity contribution in [2.75, 3.05) is 11.9 Å². The Bertz CT molecular complexity index is 1340. The van der Waals surface area contributed by atoms with Crippen LogP contribution in [0, 0.1) is 17.8 Å². The molecule has 1 aliphatic heterocycles. The minimum atomic E-state index is -4.49. The Balaban J connectivity index is 1.17. The SMILES string of the molecule is CC(C)n1nccc1C(=O)N[C@H](C(=O)Nc1ccc2c(c1)CC(N1C[C@@H](C(F)(F)F)NC1=O)C2)C(C1CC1)C1CC1. The minimum Gasteiger partial charge on any atom is -0.339 e. The number of nitrogens with one attached hydrogen (secondary N) is 3. The van der Waals surface area contributed by atoms with Crippen LogP contribution in [0.25, 0.3) is 0 Å². The molecule has 41 heavy (non-hydrogen) atoms. The maximum atomic E-state index is 13.8. The second-order valence-electron chi connectivity index (χ2n) is 12.2.